The number of methoxy groups -OCH3 is 1. The number of rotatable bonds is 8. The molecular formula is C31H40N6O6S. The molecule has 1 aliphatic rings. The molecule has 4 N–H and O–H groups in total. The number of aromatic carboxylic acids is 1. The normalized spacial score (nSPS) is 13.8. The van der Waals surface area contributed by atoms with Gasteiger partial charge in [0.2, 0.25) is 15.9 Å². The summed E-state index contributed by atoms with van der Waals surface area (Å²) in [5.74, 6) is 1.13. The van der Waals surface area contributed by atoms with E-state index in [1.807, 2.05) is 39.0 Å². The summed E-state index contributed by atoms with van der Waals surface area (Å²) in [5.41, 5.74) is 8.42. The van der Waals surface area contributed by atoms with Gasteiger partial charge in [0.25, 0.3) is 0 Å². The van der Waals surface area contributed by atoms with Crippen LogP contribution >= 0.6 is 0 Å². The first-order valence-electron chi connectivity index (χ1n) is 14.2. The number of ether oxygens (including phenoxy) is 2. The van der Waals surface area contributed by atoms with E-state index in [-0.39, 0.29) is 11.1 Å². The molecule has 2 aromatic carbocycles. The van der Waals surface area contributed by atoms with E-state index < -0.39 is 16.0 Å². The highest BCUT2D eigenvalue weighted by molar-refractivity contribution is 7.92. The summed E-state index contributed by atoms with van der Waals surface area (Å²) >= 11 is 0. The summed E-state index contributed by atoms with van der Waals surface area (Å²) in [6.45, 7) is 8.95. The van der Waals surface area contributed by atoms with Crippen molar-refractivity contribution in [1.82, 2.24) is 19.4 Å². The molecular weight excluding hydrogens is 584 g/mol. The van der Waals surface area contributed by atoms with E-state index in [9.17, 15) is 18.3 Å². The van der Waals surface area contributed by atoms with Crippen LogP contribution in [-0.4, -0.2) is 65.4 Å². The molecule has 3 heterocycles. The maximum absolute atomic E-state index is 11.4. The molecule has 13 heteroatoms. The van der Waals surface area contributed by atoms with Gasteiger partial charge in [0.15, 0.2) is 11.5 Å². The molecule has 0 aliphatic carbocycles. The van der Waals surface area contributed by atoms with Crippen LogP contribution in [0.4, 0.5) is 11.4 Å². The number of nitrogens with two attached hydrogens (primary N) is 1. The number of aromatic nitrogens is 3. The second kappa shape index (κ2) is 13.1. The van der Waals surface area contributed by atoms with Gasteiger partial charge >= 0.3 is 5.97 Å². The van der Waals surface area contributed by atoms with E-state index in [0.717, 1.165) is 41.6 Å². The largest absolute Gasteiger partial charge is 0.492 e. The maximum atomic E-state index is 11.4. The van der Waals surface area contributed by atoms with Crippen molar-refractivity contribution in [3.8, 4) is 17.4 Å². The number of anilines is 2. The molecule has 5 rings (SSSR count). The number of para-hydroxylation sites is 1. The van der Waals surface area contributed by atoms with Gasteiger partial charge in [-0.05, 0) is 61.2 Å². The minimum Gasteiger partial charge on any atom is -0.492 e. The van der Waals surface area contributed by atoms with Crippen LogP contribution in [0.15, 0.2) is 48.7 Å². The molecule has 1 fully saturated rings. The predicted octanol–water partition coefficient (Wildman–Crippen LogP) is 5.00. The van der Waals surface area contributed by atoms with Gasteiger partial charge in [-0.2, -0.15) is 4.98 Å². The van der Waals surface area contributed by atoms with E-state index in [1.165, 1.54) is 20.0 Å². The van der Waals surface area contributed by atoms with Crippen molar-refractivity contribution in [3.05, 3.63) is 65.7 Å². The standard InChI is InChI=1S/C19H20N4O3.C12H20N2O3S/c1-22-14(19(24)25)11-13-5-4-6-15(18(13)22)26-17-7-8-20-16(21-17)12-23-9-2-3-10-23;1-12(2,3)8-6-9(13)11(17-4)10(7-8)14-18(5,15)16/h4-8,11H,2-3,9-10,12H2,1H3,(H,24,25);6-7,14H,13H2,1-5H3. The fourth-order valence-electron chi connectivity index (χ4n) is 5.02. The zero-order valence-electron chi connectivity index (χ0n) is 25.9. The van der Waals surface area contributed by atoms with Crippen LogP contribution in [0.1, 0.15) is 55.5 Å². The molecule has 4 aromatic rings. The molecule has 1 saturated heterocycles. The van der Waals surface area contributed by atoms with Crippen molar-refractivity contribution >= 4 is 38.3 Å². The van der Waals surface area contributed by atoms with Gasteiger partial charge < -0.3 is 24.9 Å². The molecule has 0 bridgehead atoms. The lowest BCUT2D eigenvalue weighted by molar-refractivity contribution is 0.0687. The third-order valence-electron chi connectivity index (χ3n) is 7.18. The van der Waals surface area contributed by atoms with Gasteiger partial charge in [-0.25, -0.2) is 18.2 Å². The Balaban J connectivity index is 0.000000217. The van der Waals surface area contributed by atoms with E-state index in [0.29, 0.717) is 35.3 Å². The molecule has 0 radical (unpaired) electrons. The summed E-state index contributed by atoms with van der Waals surface area (Å²) in [6.07, 6.45) is 5.23. The topological polar surface area (TPSA) is 162 Å². The third-order valence-corrected chi connectivity index (χ3v) is 7.77. The molecule has 44 heavy (non-hydrogen) atoms. The Kier molecular flexibility index (Phi) is 9.69. The number of fused-ring (bicyclic) bond motifs is 1. The Bertz CT molecular complexity index is 1760. The van der Waals surface area contributed by atoms with Gasteiger partial charge in [-0.15, -0.1) is 0 Å². The highest BCUT2D eigenvalue weighted by atomic mass is 32.2. The molecule has 0 amide bonds. The highest BCUT2D eigenvalue weighted by Gasteiger charge is 2.20. The lowest BCUT2D eigenvalue weighted by Gasteiger charge is -2.22. The monoisotopic (exact) mass is 624 g/mol. The Hall–Kier alpha value is -4.36. The quantitative estimate of drug-likeness (QED) is 0.227. The first-order valence-corrected chi connectivity index (χ1v) is 16.0. The lowest BCUT2D eigenvalue weighted by Crippen LogP contribution is -2.20. The van der Waals surface area contributed by atoms with E-state index >= 15 is 0 Å². The van der Waals surface area contributed by atoms with Crippen molar-refractivity contribution in [2.75, 3.05) is 36.9 Å². The number of sulfonamides is 1. The smallest absolute Gasteiger partial charge is 0.352 e. The zero-order chi connectivity index (χ0) is 32.2. The van der Waals surface area contributed by atoms with Crippen molar-refractivity contribution in [3.63, 3.8) is 0 Å². The zero-order valence-corrected chi connectivity index (χ0v) is 26.7. The fourth-order valence-corrected chi connectivity index (χ4v) is 5.57. The van der Waals surface area contributed by atoms with Crippen LogP contribution in [0, 0.1) is 0 Å². The van der Waals surface area contributed by atoms with Crippen LogP contribution in [0.2, 0.25) is 0 Å². The summed E-state index contributed by atoms with van der Waals surface area (Å²) in [7, 11) is -0.200. The number of nitrogens with zero attached hydrogens (tertiary/aromatic N) is 4. The van der Waals surface area contributed by atoms with E-state index in [4.69, 9.17) is 15.2 Å². The average Bonchev–Trinajstić information content (AvgIpc) is 3.56. The predicted molar refractivity (Wildman–Crippen MR) is 171 cm³/mol. The molecule has 1 aliphatic heterocycles. The lowest BCUT2D eigenvalue weighted by atomic mass is 9.86. The molecule has 0 spiro atoms. The highest BCUT2D eigenvalue weighted by Crippen LogP contribution is 2.37. The van der Waals surface area contributed by atoms with Crippen molar-refractivity contribution in [1.29, 1.82) is 0 Å². The third kappa shape index (κ3) is 7.97. The van der Waals surface area contributed by atoms with E-state index in [2.05, 4.69) is 19.6 Å². The fraction of sp³-hybridized carbons (Fsp3) is 0.387. The Labute approximate surface area is 257 Å². The number of hydrogen-bond acceptors (Lipinski definition) is 9. The number of carboxylic acid groups (broad SMARTS) is 1. The van der Waals surface area contributed by atoms with Crippen LogP contribution in [0.5, 0.6) is 17.4 Å². The Morgan fingerprint density at radius 1 is 1.14 bits per heavy atom. The summed E-state index contributed by atoms with van der Waals surface area (Å²) < 4.78 is 37.8. The number of likely N-dealkylation sites (tertiary alicyclic amines) is 1. The van der Waals surface area contributed by atoms with Gasteiger partial charge in [0.1, 0.15) is 11.5 Å². The first kappa shape index (κ1) is 32.6. The second-order valence-corrected chi connectivity index (χ2v) is 13.5. The number of aryl methyl sites for hydroxylation is 1. The molecule has 12 nitrogen and oxygen atoms in total. The van der Waals surface area contributed by atoms with Crippen molar-refractivity contribution in [2.24, 2.45) is 7.05 Å². The summed E-state index contributed by atoms with van der Waals surface area (Å²) in [4.78, 5) is 22.6. The molecule has 0 unspecified atom stereocenters. The van der Waals surface area contributed by atoms with E-state index in [1.54, 1.807) is 42.1 Å². The minimum atomic E-state index is -3.37. The molecule has 0 saturated carbocycles. The Morgan fingerprint density at radius 2 is 1.84 bits per heavy atom. The number of carboxylic acids is 1. The number of carbonyl (C=O) groups is 1. The number of benzene rings is 2. The number of nitrogens with one attached hydrogen (secondary N) is 1. The molecule has 236 valence electrons. The molecule has 0 atom stereocenters. The Morgan fingerprint density at radius 3 is 2.45 bits per heavy atom. The van der Waals surface area contributed by atoms with Gasteiger partial charge in [0, 0.05) is 24.7 Å². The van der Waals surface area contributed by atoms with Crippen molar-refractivity contribution in [2.45, 2.75) is 45.6 Å². The first-order chi connectivity index (χ1) is 20.7. The number of nitrogen functional groups attached to an aromatic ring is 1. The SMILES string of the molecule is COc1c(N)cc(C(C)(C)C)cc1NS(C)(=O)=O.Cn1c(C(=O)O)cc2cccc(Oc3ccnc(CN4CCCC4)n3)c21. The van der Waals surface area contributed by atoms with Gasteiger partial charge in [-0.3, -0.25) is 9.62 Å². The van der Waals surface area contributed by atoms with Crippen LogP contribution in [-0.2, 0) is 29.0 Å². The number of hydrogen-bond donors (Lipinski definition) is 3. The molecule has 2 aromatic heterocycles. The van der Waals surface area contributed by atoms with Crippen LogP contribution in [0.3, 0.4) is 0 Å². The summed E-state index contributed by atoms with van der Waals surface area (Å²) in [5, 5.41) is 10.1. The van der Waals surface area contributed by atoms with Gasteiger partial charge in [0.05, 0.1) is 36.8 Å². The maximum Gasteiger partial charge on any atom is 0.352 e. The second-order valence-electron chi connectivity index (χ2n) is 11.8. The minimum absolute atomic E-state index is 0.131. The summed E-state index contributed by atoms with van der Waals surface area (Å²) in [6, 6.07) is 12.4. The van der Waals surface area contributed by atoms with Crippen LogP contribution < -0.4 is 19.9 Å². The van der Waals surface area contributed by atoms with Crippen molar-refractivity contribution < 1.29 is 27.8 Å². The van der Waals surface area contributed by atoms with Crippen LogP contribution in [0.25, 0.3) is 10.9 Å². The average molecular weight is 625 g/mol. The van der Waals surface area contributed by atoms with Gasteiger partial charge in [-0.1, -0.05) is 32.9 Å².